The number of hydrogen-bond acceptors (Lipinski definition) is 10. The molecule has 2 atom stereocenters. The van der Waals surface area contributed by atoms with Gasteiger partial charge in [0.25, 0.3) is 0 Å². The van der Waals surface area contributed by atoms with E-state index in [1.54, 1.807) is 0 Å². The third-order valence-corrected chi connectivity index (χ3v) is 2.92. The van der Waals surface area contributed by atoms with E-state index >= 15 is 0 Å². The Morgan fingerprint density at radius 2 is 1.03 bits per heavy atom. The van der Waals surface area contributed by atoms with Gasteiger partial charge in [-0.05, 0) is 32.2 Å². The summed E-state index contributed by atoms with van der Waals surface area (Å²) in [5.74, 6) is -3.86. The molecule has 0 amide bonds. The van der Waals surface area contributed by atoms with Gasteiger partial charge in [0, 0.05) is 6.54 Å². The number of hydrogen-bond donors (Lipinski definition) is 11. The molecule has 16 nitrogen and oxygen atoms in total. The number of aliphatic carboxylic acids is 4. The van der Waals surface area contributed by atoms with Crippen LogP contribution < -0.4 is 40.1 Å². The molecule has 0 rings (SSSR count). The lowest BCUT2D eigenvalue weighted by Gasteiger charge is -2.03. The van der Waals surface area contributed by atoms with Gasteiger partial charge in [-0.25, -0.2) is 0 Å². The zero-order chi connectivity index (χ0) is 26.1. The molecule has 0 spiro atoms. The van der Waals surface area contributed by atoms with Gasteiger partial charge in [-0.2, -0.15) is 0 Å². The van der Waals surface area contributed by atoms with E-state index in [4.69, 9.17) is 49.1 Å². The monoisotopic (exact) mass is 470 g/mol. The first kappa shape index (κ1) is 36.3. The van der Waals surface area contributed by atoms with Crippen LogP contribution in [0.1, 0.15) is 32.1 Å². The number of nitrogens with two attached hydrogens (primary N) is 7. The summed E-state index contributed by atoms with van der Waals surface area (Å²) in [6.45, 7) is 0.468. The number of aliphatic imine (C=N–C) groups is 1. The SMILES string of the molecule is NC(N)=NCCC[C@H](N)C(=O)O.NCC(=O)O.NCC(=O)O.NCCCC[C@H](N)C(=O)O. The van der Waals surface area contributed by atoms with Crippen LogP contribution in [0.5, 0.6) is 0 Å². The lowest BCUT2D eigenvalue weighted by Crippen LogP contribution is -2.30. The van der Waals surface area contributed by atoms with Crippen LogP contribution in [0.4, 0.5) is 0 Å². The predicted octanol–water partition coefficient (Wildman–Crippen LogP) is -3.96. The molecule has 0 bridgehead atoms. The predicted molar refractivity (Wildman–Crippen MR) is 117 cm³/mol. The van der Waals surface area contributed by atoms with Gasteiger partial charge in [-0.1, -0.05) is 6.42 Å². The Bertz CT molecular complexity index is 530. The first-order valence-electron chi connectivity index (χ1n) is 9.32. The largest absolute Gasteiger partial charge is 0.480 e. The van der Waals surface area contributed by atoms with E-state index in [9.17, 15) is 19.2 Å². The van der Waals surface area contributed by atoms with Crippen molar-refractivity contribution in [1.82, 2.24) is 0 Å². The van der Waals surface area contributed by atoms with Crippen molar-refractivity contribution >= 4 is 29.8 Å². The Morgan fingerprint density at radius 3 is 1.28 bits per heavy atom. The van der Waals surface area contributed by atoms with Crippen molar-refractivity contribution in [2.75, 3.05) is 26.2 Å². The minimum Gasteiger partial charge on any atom is -0.480 e. The fourth-order valence-electron chi connectivity index (χ4n) is 1.27. The molecule has 0 aliphatic rings. The summed E-state index contributed by atoms with van der Waals surface area (Å²) < 4.78 is 0. The highest BCUT2D eigenvalue weighted by atomic mass is 16.4. The first-order chi connectivity index (χ1) is 14.8. The van der Waals surface area contributed by atoms with Crippen LogP contribution in [0.15, 0.2) is 4.99 Å². The fraction of sp³-hybridized carbons (Fsp3) is 0.688. The number of unbranched alkanes of at least 4 members (excludes halogenated alkanes) is 1. The standard InChI is InChI=1S/C6H14N4O2.C6H14N2O2.2C2H5NO2/c7-4(5(11)12)2-1-3-10-6(8)9;7-4-2-1-3-5(8)6(9)10;2*3-1-2(4)5/h4H,1-3,7H2,(H,11,12)(H4,8,9,10);5H,1-4,7-8H2,(H,9,10);2*1,3H2,(H,4,5)/t4-;5-;;/m00../s1. The Morgan fingerprint density at radius 1 is 0.688 bits per heavy atom. The normalized spacial score (nSPS) is 10.9. The number of guanidine groups is 1. The molecule has 0 heterocycles. The van der Waals surface area contributed by atoms with Crippen LogP contribution in [0.3, 0.4) is 0 Å². The van der Waals surface area contributed by atoms with Gasteiger partial charge in [-0.15, -0.1) is 0 Å². The van der Waals surface area contributed by atoms with E-state index in [2.05, 4.69) is 16.5 Å². The third-order valence-electron chi connectivity index (χ3n) is 2.92. The van der Waals surface area contributed by atoms with Crippen LogP contribution in [-0.4, -0.2) is 88.5 Å². The van der Waals surface area contributed by atoms with Gasteiger partial charge >= 0.3 is 23.9 Å². The highest BCUT2D eigenvalue weighted by Gasteiger charge is 2.10. The summed E-state index contributed by atoms with van der Waals surface area (Å²) in [4.78, 5) is 42.5. The molecule has 0 aliphatic carbocycles. The summed E-state index contributed by atoms with van der Waals surface area (Å²) >= 11 is 0. The van der Waals surface area contributed by atoms with Crippen LogP contribution in [0, 0.1) is 0 Å². The average Bonchev–Trinajstić information content (AvgIpc) is 2.72. The number of nitrogens with zero attached hydrogens (tertiary/aromatic N) is 1. The third kappa shape index (κ3) is 41.3. The molecular formula is C16H38N8O8. The van der Waals surface area contributed by atoms with Gasteiger partial charge in [0.15, 0.2) is 5.96 Å². The summed E-state index contributed by atoms with van der Waals surface area (Å²) in [6.07, 6.45) is 3.12. The summed E-state index contributed by atoms with van der Waals surface area (Å²) in [6, 6.07) is -1.54. The molecule has 18 N–H and O–H groups in total. The second kappa shape index (κ2) is 26.0. The maximum Gasteiger partial charge on any atom is 0.320 e. The van der Waals surface area contributed by atoms with Gasteiger partial charge in [-0.3, -0.25) is 24.2 Å². The van der Waals surface area contributed by atoms with E-state index in [0.717, 1.165) is 12.8 Å². The van der Waals surface area contributed by atoms with Crippen molar-refractivity contribution in [2.24, 2.45) is 45.1 Å². The molecule has 0 radical (unpaired) electrons. The van der Waals surface area contributed by atoms with Crippen LogP contribution in [0.25, 0.3) is 0 Å². The molecule has 0 aromatic rings. The molecule has 0 aromatic carbocycles. The van der Waals surface area contributed by atoms with Crippen molar-refractivity contribution in [3.05, 3.63) is 0 Å². The van der Waals surface area contributed by atoms with E-state index < -0.39 is 36.0 Å². The Balaban J connectivity index is -0.000000176. The Labute approximate surface area is 185 Å². The van der Waals surface area contributed by atoms with Crippen LogP contribution >= 0.6 is 0 Å². The lowest BCUT2D eigenvalue weighted by molar-refractivity contribution is -0.139. The second-order valence-corrected chi connectivity index (χ2v) is 5.82. The number of carboxylic acids is 4. The molecule has 0 unspecified atom stereocenters. The van der Waals surface area contributed by atoms with Crippen LogP contribution in [-0.2, 0) is 19.2 Å². The zero-order valence-corrected chi connectivity index (χ0v) is 17.9. The van der Waals surface area contributed by atoms with E-state index in [1.165, 1.54) is 0 Å². The zero-order valence-electron chi connectivity index (χ0n) is 17.9. The number of carboxylic acid groups (broad SMARTS) is 4. The summed E-state index contributed by atoms with van der Waals surface area (Å²) in [5, 5.41) is 31.9. The van der Waals surface area contributed by atoms with Crippen molar-refractivity contribution in [3.63, 3.8) is 0 Å². The van der Waals surface area contributed by atoms with E-state index in [-0.39, 0.29) is 19.0 Å². The summed E-state index contributed by atoms with van der Waals surface area (Å²) in [7, 11) is 0. The molecule has 0 aliphatic heterocycles. The molecular weight excluding hydrogens is 432 g/mol. The molecule has 32 heavy (non-hydrogen) atoms. The highest BCUT2D eigenvalue weighted by molar-refractivity contribution is 5.75. The molecule has 16 heteroatoms. The van der Waals surface area contributed by atoms with Gasteiger partial charge in [0.2, 0.25) is 0 Å². The smallest absolute Gasteiger partial charge is 0.320 e. The topological polar surface area (TPSA) is 344 Å². The van der Waals surface area contributed by atoms with E-state index in [0.29, 0.717) is 32.4 Å². The van der Waals surface area contributed by atoms with E-state index in [1.807, 2.05) is 0 Å². The van der Waals surface area contributed by atoms with Gasteiger partial charge in [0.05, 0.1) is 13.1 Å². The maximum absolute atomic E-state index is 10.2. The maximum atomic E-state index is 10.2. The van der Waals surface area contributed by atoms with Crippen molar-refractivity contribution in [2.45, 2.75) is 44.2 Å². The molecule has 190 valence electrons. The second-order valence-electron chi connectivity index (χ2n) is 5.82. The van der Waals surface area contributed by atoms with Crippen molar-refractivity contribution in [1.29, 1.82) is 0 Å². The molecule has 0 saturated heterocycles. The Kier molecular flexibility index (Phi) is 29.5. The molecule has 0 fully saturated rings. The first-order valence-corrected chi connectivity index (χ1v) is 9.32. The van der Waals surface area contributed by atoms with Gasteiger partial charge in [0.1, 0.15) is 12.1 Å². The minimum absolute atomic E-state index is 0.0129. The molecule has 0 saturated carbocycles. The highest BCUT2D eigenvalue weighted by Crippen LogP contribution is 1.97. The lowest BCUT2D eigenvalue weighted by atomic mass is 10.1. The fourth-order valence-corrected chi connectivity index (χ4v) is 1.27. The number of rotatable bonds is 12. The van der Waals surface area contributed by atoms with Crippen molar-refractivity contribution in [3.8, 4) is 0 Å². The van der Waals surface area contributed by atoms with Gasteiger partial charge < -0.3 is 60.6 Å². The average molecular weight is 471 g/mol. The van der Waals surface area contributed by atoms with Crippen LogP contribution in [0.2, 0.25) is 0 Å². The number of carbonyl (C=O) groups is 4. The summed E-state index contributed by atoms with van der Waals surface area (Å²) in [5.41, 5.74) is 34.9. The molecule has 0 aromatic heterocycles. The minimum atomic E-state index is -1.00. The van der Waals surface area contributed by atoms with Crippen molar-refractivity contribution < 1.29 is 39.6 Å². The Hall–Kier alpha value is -3.05. The quantitative estimate of drug-likeness (QED) is 0.0735.